The number of carbonyl (C=O) groups excluding carboxylic acids is 1. The van der Waals surface area contributed by atoms with E-state index in [1.165, 1.54) is 5.69 Å². The van der Waals surface area contributed by atoms with E-state index in [4.69, 9.17) is 9.72 Å². The number of pyridine rings is 1. The van der Waals surface area contributed by atoms with Crippen LogP contribution < -0.4 is 15.1 Å². The largest absolute Gasteiger partial charge is 0.378 e. The first-order valence-corrected chi connectivity index (χ1v) is 10.2. The molecule has 8 nitrogen and oxygen atoms in total. The van der Waals surface area contributed by atoms with E-state index in [1.54, 1.807) is 12.4 Å². The number of morpholine rings is 1. The van der Waals surface area contributed by atoms with Crippen molar-refractivity contribution >= 4 is 28.8 Å². The number of nitrogens with one attached hydrogen (secondary N) is 1. The fourth-order valence-corrected chi connectivity index (χ4v) is 3.61. The van der Waals surface area contributed by atoms with Gasteiger partial charge in [-0.2, -0.15) is 0 Å². The number of fused-ring (bicyclic) bond motifs is 1. The van der Waals surface area contributed by atoms with Crippen LogP contribution in [0.4, 0.5) is 11.5 Å². The van der Waals surface area contributed by atoms with Crippen molar-refractivity contribution in [2.75, 3.05) is 62.8 Å². The fraction of sp³-hybridized carbons (Fsp3) is 0.364. The number of hydrogen-bond acceptors (Lipinski definition) is 8. The Morgan fingerprint density at radius 1 is 1.17 bits per heavy atom. The molecular formula is C22H26N6O2. The first-order valence-electron chi connectivity index (χ1n) is 10.2. The Balaban J connectivity index is 1.71. The minimum atomic E-state index is 0.250. The summed E-state index contributed by atoms with van der Waals surface area (Å²) in [6, 6.07) is 10.3. The van der Waals surface area contributed by atoms with Gasteiger partial charge in [-0.25, -0.2) is 9.97 Å². The highest BCUT2D eigenvalue weighted by Crippen LogP contribution is 2.29. The van der Waals surface area contributed by atoms with Crippen LogP contribution in [0.1, 0.15) is 0 Å². The maximum absolute atomic E-state index is 11.3. The lowest BCUT2D eigenvalue weighted by molar-refractivity contribution is -0.106. The number of nitrogens with zero attached hydrogens (tertiary/aromatic N) is 5. The van der Waals surface area contributed by atoms with E-state index < -0.39 is 0 Å². The molecule has 1 N–H and O–H groups in total. The molecule has 1 aliphatic heterocycles. The van der Waals surface area contributed by atoms with E-state index in [-0.39, 0.29) is 6.54 Å². The standard InChI is InChI=1S/C22H26N6O2/c1-23-8-9-28(10-13-29)22-21-20(24-6-7-25-21)16-19(26-22)17-2-4-18(5-3-17)27-11-14-30-15-12-27/h2-7,13,16,23H,8-12,14-15H2,1H3. The van der Waals surface area contributed by atoms with E-state index in [1.807, 2.05) is 18.0 Å². The van der Waals surface area contributed by atoms with Gasteiger partial charge in [-0.05, 0) is 25.2 Å². The van der Waals surface area contributed by atoms with Crippen molar-refractivity contribution in [1.82, 2.24) is 20.3 Å². The Labute approximate surface area is 175 Å². The minimum absolute atomic E-state index is 0.250. The monoisotopic (exact) mass is 406 g/mol. The molecule has 3 heterocycles. The van der Waals surface area contributed by atoms with Gasteiger partial charge in [-0.1, -0.05) is 12.1 Å². The van der Waals surface area contributed by atoms with Crippen LogP contribution in [-0.4, -0.2) is 74.2 Å². The first kappa shape index (κ1) is 20.2. The summed E-state index contributed by atoms with van der Waals surface area (Å²) in [6.07, 6.45) is 4.22. The van der Waals surface area contributed by atoms with Crippen molar-refractivity contribution in [3.8, 4) is 11.3 Å². The Bertz CT molecular complexity index is 989. The van der Waals surface area contributed by atoms with Gasteiger partial charge in [0.05, 0.1) is 31.0 Å². The van der Waals surface area contributed by atoms with Crippen LogP contribution in [0, 0.1) is 0 Å². The predicted molar refractivity (Wildman–Crippen MR) is 118 cm³/mol. The van der Waals surface area contributed by atoms with Gasteiger partial charge in [-0.3, -0.25) is 4.98 Å². The van der Waals surface area contributed by atoms with Gasteiger partial charge in [0.2, 0.25) is 0 Å². The quantitative estimate of drug-likeness (QED) is 0.567. The Morgan fingerprint density at radius 3 is 2.67 bits per heavy atom. The molecule has 0 atom stereocenters. The number of ether oxygens (including phenoxy) is 1. The maximum atomic E-state index is 11.3. The summed E-state index contributed by atoms with van der Waals surface area (Å²) in [5.74, 6) is 0.676. The first-order chi connectivity index (χ1) is 14.8. The Hall–Kier alpha value is -3.10. The number of anilines is 2. The van der Waals surface area contributed by atoms with Crippen molar-refractivity contribution in [3.63, 3.8) is 0 Å². The maximum Gasteiger partial charge on any atom is 0.157 e. The fourth-order valence-electron chi connectivity index (χ4n) is 3.61. The van der Waals surface area contributed by atoms with Crippen LogP contribution >= 0.6 is 0 Å². The summed E-state index contributed by atoms with van der Waals surface area (Å²) in [4.78, 5) is 29.4. The molecule has 0 radical (unpaired) electrons. The molecule has 1 saturated heterocycles. The van der Waals surface area contributed by atoms with Crippen LogP contribution in [0.15, 0.2) is 42.7 Å². The zero-order valence-corrected chi connectivity index (χ0v) is 17.1. The van der Waals surface area contributed by atoms with Gasteiger partial charge in [0.1, 0.15) is 11.8 Å². The van der Waals surface area contributed by atoms with Crippen molar-refractivity contribution in [1.29, 1.82) is 0 Å². The van der Waals surface area contributed by atoms with Crippen molar-refractivity contribution < 1.29 is 9.53 Å². The summed E-state index contributed by atoms with van der Waals surface area (Å²) >= 11 is 0. The van der Waals surface area contributed by atoms with Crippen LogP contribution in [0.2, 0.25) is 0 Å². The molecule has 8 heteroatoms. The van der Waals surface area contributed by atoms with Crippen LogP contribution in [0.25, 0.3) is 22.3 Å². The third kappa shape index (κ3) is 4.39. The molecule has 1 aliphatic rings. The molecular weight excluding hydrogens is 380 g/mol. The molecule has 0 unspecified atom stereocenters. The third-order valence-corrected chi connectivity index (χ3v) is 5.20. The average molecular weight is 406 g/mol. The Morgan fingerprint density at radius 2 is 1.93 bits per heavy atom. The van der Waals surface area contributed by atoms with Gasteiger partial charge >= 0.3 is 0 Å². The highest BCUT2D eigenvalue weighted by molar-refractivity contribution is 5.89. The second-order valence-corrected chi connectivity index (χ2v) is 7.12. The lowest BCUT2D eigenvalue weighted by Crippen LogP contribution is -2.36. The van der Waals surface area contributed by atoms with Gasteiger partial charge in [0, 0.05) is 49.8 Å². The molecule has 1 aromatic carbocycles. The molecule has 156 valence electrons. The molecule has 30 heavy (non-hydrogen) atoms. The average Bonchev–Trinajstić information content (AvgIpc) is 2.82. The molecule has 1 fully saturated rings. The summed E-state index contributed by atoms with van der Waals surface area (Å²) in [6.45, 7) is 4.95. The zero-order chi connectivity index (χ0) is 20.8. The normalized spacial score (nSPS) is 14.1. The number of aldehydes is 1. The lowest BCUT2D eigenvalue weighted by atomic mass is 10.1. The topological polar surface area (TPSA) is 83.5 Å². The summed E-state index contributed by atoms with van der Waals surface area (Å²) in [5.41, 5.74) is 4.45. The van der Waals surface area contributed by atoms with E-state index in [0.29, 0.717) is 17.9 Å². The van der Waals surface area contributed by atoms with Crippen molar-refractivity contribution in [3.05, 3.63) is 42.7 Å². The van der Waals surface area contributed by atoms with E-state index in [2.05, 4.69) is 44.5 Å². The molecule has 0 aliphatic carbocycles. The zero-order valence-electron chi connectivity index (χ0n) is 17.1. The SMILES string of the molecule is CNCCN(CC=O)c1nc(-c2ccc(N3CCOCC3)cc2)cc2nccnc12. The number of aromatic nitrogens is 3. The van der Waals surface area contributed by atoms with Gasteiger partial charge in [0.25, 0.3) is 0 Å². The molecule has 0 spiro atoms. The van der Waals surface area contributed by atoms with E-state index in [9.17, 15) is 4.79 Å². The second-order valence-electron chi connectivity index (χ2n) is 7.12. The number of carbonyl (C=O) groups is 1. The van der Waals surface area contributed by atoms with Gasteiger partial charge in [-0.15, -0.1) is 0 Å². The minimum Gasteiger partial charge on any atom is -0.378 e. The van der Waals surface area contributed by atoms with Crippen LogP contribution in [0.5, 0.6) is 0 Å². The number of hydrogen-bond donors (Lipinski definition) is 1. The smallest absolute Gasteiger partial charge is 0.157 e. The third-order valence-electron chi connectivity index (χ3n) is 5.20. The van der Waals surface area contributed by atoms with Gasteiger partial charge < -0.3 is 24.6 Å². The predicted octanol–water partition coefficient (Wildman–Crippen LogP) is 1.75. The molecule has 4 rings (SSSR count). The van der Waals surface area contributed by atoms with Gasteiger partial charge in [0.15, 0.2) is 5.82 Å². The van der Waals surface area contributed by atoms with Crippen LogP contribution in [-0.2, 0) is 9.53 Å². The van der Waals surface area contributed by atoms with Crippen LogP contribution in [0.3, 0.4) is 0 Å². The summed E-state index contributed by atoms with van der Waals surface area (Å²) in [7, 11) is 1.89. The molecule has 3 aromatic rings. The van der Waals surface area contributed by atoms with E-state index >= 15 is 0 Å². The van der Waals surface area contributed by atoms with Crippen molar-refractivity contribution in [2.24, 2.45) is 0 Å². The second kappa shape index (κ2) is 9.60. The molecule has 2 aromatic heterocycles. The summed E-state index contributed by atoms with van der Waals surface area (Å²) in [5, 5.41) is 3.12. The van der Waals surface area contributed by atoms with E-state index in [0.717, 1.165) is 55.9 Å². The molecule has 0 bridgehead atoms. The van der Waals surface area contributed by atoms with Crippen molar-refractivity contribution in [2.45, 2.75) is 0 Å². The molecule has 0 saturated carbocycles. The lowest BCUT2D eigenvalue weighted by Gasteiger charge is -2.29. The summed E-state index contributed by atoms with van der Waals surface area (Å²) < 4.78 is 5.44. The highest BCUT2D eigenvalue weighted by atomic mass is 16.5. The number of benzene rings is 1. The number of rotatable bonds is 8. The Kier molecular flexibility index (Phi) is 6.46. The number of likely N-dealkylation sites (N-methyl/N-ethyl adjacent to an activating group) is 1. The molecule has 0 amide bonds. The highest BCUT2D eigenvalue weighted by Gasteiger charge is 2.16.